The number of rotatable bonds is 3. The van der Waals surface area contributed by atoms with Crippen LogP contribution in [0.4, 0.5) is 0 Å². The highest BCUT2D eigenvalue weighted by Crippen LogP contribution is 2.19. The topological polar surface area (TPSA) is 17.8 Å². The Kier molecular flexibility index (Phi) is 3.24. The number of hydrogen-bond acceptors (Lipinski definition) is 1. The molecule has 0 aliphatic heterocycles. The molecule has 1 aromatic heterocycles. The van der Waals surface area contributed by atoms with Gasteiger partial charge in [-0.05, 0) is 22.8 Å². The van der Waals surface area contributed by atoms with E-state index in [0.29, 0.717) is 0 Å². The second-order valence-corrected chi connectivity index (χ2v) is 4.31. The first-order valence-corrected chi connectivity index (χ1v) is 6.23. The van der Waals surface area contributed by atoms with Crippen LogP contribution in [0.3, 0.4) is 0 Å². The molecule has 3 aromatic rings. The lowest BCUT2D eigenvalue weighted by Gasteiger charge is -2.01. The first-order valence-electron chi connectivity index (χ1n) is 6.23. The molecule has 0 N–H and O–H groups in total. The van der Waals surface area contributed by atoms with Crippen molar-refractivity contribution in [3.8, 4) is 11.1 Å². The van der Waals surface area contributed by atoms with Crippen LogP contribution in [-0.4, -0.2) is 9.55 Å². The van der Waals surface area contributed by atoms with E-state index in [1.54, 1.807) is 12.5 Å². The fraction of sp³-hybridized carbons (Fsp3) is 0. The average Bonchev–Trinajstić information content (AvgIpc) is 3.00. The number of hydrogen-bond donors (Lipinski definition) is 0. The van der Waals surface area contributed by atoms with Crippen molar-refractivity contribution >= 4 is 12.3 Å². The smallest absolute Gasteiger partial charge is 0.0986 e. The van der Waals surface area contributed by atoms with E-state index in [-0.39, 0.29) is 0 Å². The second kappa shape index (κ2) is 5.36. The highest BCUT2D eigenvalue weighted by atomic mass is 15.0. The van der Waals surface area contributed by atoms with Gasteiger partial charge in [0.15, 0.2) is 0 Å². The Bertz CT molecular complexity index is 650. The van der Waals surface area contributed by atoms with Crippen molar-refractivity contribution in [3.05, 3.63) is 78.9 Å². The first-order chi connectivity index (χ1) is 9.42. The van der Waals surface area contributed by atoms with Crippen LogP contribution in [0.2, 0.25) is 0 Å². The Morgan fingerprint density at radius 3 is 2.26 bits per heavy atom. The molecular weight excluding hydrogens is 232 g/mol. The molecule has 19 heavy (non-hydrogen) atoms. The Morgan fingerprint density at radius 2 is 1.58 bits per heavy atom. The molecule has 1 heterocycles. The molecule has 0 atom stereocenters. The van der Waals surface area contributed by atoms with E-state index >= 15 is 0 Å². The highest BCUT2D eigenvalue weighted by Gasteiger charge is 1.95. The van der Waals surface area contributed by atoms with Crippen LogP contribution in [0.15, 0.2) is 73.3 Å². The average molecular weight is 246 g/mol. The van der Waals surface area contributed by atoms with Crippen LogP contribution >= 0.6 is 0 Å². The van der Waals surface area contributed by atoms with Gasteiger partial charge in [0.05, 0.1) is 6.33 Å². The quantitative estimate of drug-likeness (QED) is 0.678. The summed E-state index contributed by atoms with van der Waals surface area (Å²) in [6.07, 6.45) is 9.51. The summed E-state index contributed by atoms with van der Waals surface area (Å²) in [6, 6.07) is 18.9. The molecule has 0 spiro atoms. The standard InChI is InChI=1S/C17H14N2/c1-2-4-16(5-3-1)17-8-6-15(7-9-17)10-12-19-13-11-18-14-19/h1-14H/b12-10+. The lowest BCUT2D eigenvalue weighted by atomic mass is 10.0. The Hall–Kier alpha value is -2.61. The van der Waals surface area contributed by atoms with Gasteiger partial charge >= 0.3 is 0 Å². The Labute approximate surface area is 112 Å². The molecule has 0 radical (unpaired) electrons. The second-order valence-electron chi connectivity index (χ2n) is 4.31. The zero-order valence-corrected chi connectivity index (χ0v) is 10.5. The van der Waals surface area contributed by atoms with Gasteiger partial charge in [-0.25, -0.2) is 4.98 Å². The first kappa shape index (κ1) is 11.5. The maximum Gasteiger partial charge on any atom is 0.0986 e. The van der Waals surface area contributed by atoms with Gasteiger partial charge in [0, 0.05) is 18.6 Å². The van der Waals surface area contributed by atoms with Crippen molar-refractivity contribution in [2.75, 3.05) is 0 Å². The summed E-state index contributed by atoms with van der Waals surface area (Å²) in [5, 5.41) is 0. The van der Waals surface area contributed by atoms with Crippen LogP contribution in [0.25, 0.3) is 23.4 Å². The van der Waals surface area contributed by atoms with Crippen LogP contribution in [0.1, 0.15) is 5.56 Å². The number of benzene rings is 2. The van der Waals surface area contributed by atoms with E-state index < -0.39 is 0 Å². The highest BCUT2D eigenvalue weighted by molar-refractivity contribution is 5.67. The van der Waals surface area contributed by atoms with E-state index in [1.807, 2.05) is 23.0 Å². The molecule has 0 aliphatic rings. The van der Waals surface area contributed by atoms with Crippen LogP contribution in [0.5, 0.6) is 0 Å². The minimum atomic E-state index is 1.17. The third-order valence-electron chi connectivity index (χ3n) is 2.98. The summed E-state index contributed by atoms with van der Waals surface area (Å²) >= 11 is 0. The van der Waals surface area contributed by atoms with Gasteiger partial charge in [-0.15, -0.1) is 0 Å². The molecule has 0 saturated carbocycles. The van der Waals surface area contributed by atoms with Gasteiger partial charge in [0.2, 0.25) is 0 Å². The monoisotopic (exact) mass is 246 g/mol. The van der Waals surface area contributed by atoms with Crippen molar-refractivity contribution in [3.63, 3.8) is 0 Å². The fourth-order valence-electron chi connectivity index (χ4n) is 1.95. The molecule has 2 nitrogen and oxygen atoms in total. The van der Waals surface area contributed by atoms with Crippen molar-refractivity contribution in [2.24, 2.45) is 0 Å². The Balaban J connectivity index is 1.80. The van der Waals surface area contributed by atoms with E-state index in [9.17, 15) is 0 Å². The summed E-state index contributed by atoms with van der Waals surface area (Å²) < 4.78 is 1.92. The fourth-order valence-corrected chi connectivity index (χ4v) is 1.95. The van der Waals surface area contributed by atoms with Crippen LogP contribution < -0.4 is 0 Å². The predicted molar refractivity (Wildman–Crippen MR) is 79.3 cm³/mol. The zero-order chi connectivity index (χ0) is 12.9. The molecule has 0 aliphatic carbocycles. The summed E-state index contributed by atoms with van der Waals surface area (Å²) in [5.41, 5.74) is 3.65. The van der Waals surface area contributed by atoms with E-state index in [0.717, 1.165) is 0 Å². The van der Waals surface area contributed by atoms with Crippen molar-refractivity contribution < 1.29 is 0 Å². The maximum atomic E-state index is 4.00. The van der Waals surface area contributed by atoms with Gasteiger partial charge in [0.1, 0.15) is 0 Å². The molecule has 2 aromatic carbocycles. The van der Waals surface area contributed by atoms with E-state index in [1.165, 1.54) is 16.7 Å². The maximum absolute atomic E-state index is 4.00. The van der Waals surface area contributed by atoms with Gasteiger partial charge in [-0.1, -0.05) is 54.6 Å². The van der Waals surface area contributed by atoms with Crippen molar-refractivity contribution in [1.29, 1.82) is 0 Å². The largest absolute Gasteiger partial charge is 0.313 e. The molecule has 0 saturated heterocycles. The summed E-state index contributed by atoms with van der Waals surface area (Å²) in [5.74, 6) is 0. The summed E-state index contributed by atoms with van der Waals surface area (Å²) in [6.45, 7) is 0. The van der Waals surface area contributed by atoms with Crippen molar-refractivity contribution in [2.45, 2.75) is 0 Å². The lowest BCUT2D eigenvalue weighted by Crippen LogP contribution is -1.80. The minimum absolute atomic E-state index is 1.17. The summed E-state index contributed by atoms with van der Waals surface area (Å²) in [7, 11) is 0. The van der Waals surface area contributed by atoms with Gasteiger partial charge in [0.25, 0.3) is 0 Å². The molecule has 3 rings (SSSR count). The lowest BCUT2D eigenvalue weighted by molar-refractivity contribution is 1.14. The van der Waals surface area contributed by atoms with Gasteiger partial charge in [-0.3, -0.25) is 0 Å². The van der Waals surface area contributed by atoms with E-state index in [2.05, 4.69) is 59.6 Å². The van der Waals surface area contributed by atoms with Crippen LogP contribution in [0, 0.1) is 0 Å². The normalized spacial score (nSPS) is 10.9. The number of imidazole rings is 1. The molecular formula is C17H14N2. The molecule has 0 unspecified atom stereocenters. The Morgan fingerprint density at radius 1 is 0.842 bits per heavy atom. The minimum Gasteiger partial charge on any atom is -0.313 e. The van der Waals surface area contributed by atoms with E-state index in [4.69, 9.17) is 0 Å². The third kappa shape index (κ3) is 2.80. The van der Waals surface area contributed by atoms with Crippen LogP contribution in [-0.2, 0) is 0 Å². The van der Waals surface area contributed by atoms with Crippen molar-refractivity contribution in [1.82, 2.24) is 9.55 Å². The molecule has 0 amide bonds. The van der Waals surface area contributed by atoms with Gasteiger partial charge < -0.3 is 4.57 Å². The molecule has 92 valence electrons. The number of aromatic nitrogens is 2. The molecule has 0 bridgehead atoms. The third-order valence-corrected chi connectivity index (χ3v) is 2.98. The van der Waals surface area contributed by atoms with Gasteiger partial charge in [-0.2, -0.15) is 0 Å². The summed E-state index contributed by atoms with van der Waals surface area (Å²) in [4.78, 5) is 4.00. The predicted octanol–water partition coefficient (Wildman–Crippen LogP) is 4.18. The molecule has 0 fully saturated rings. The SMILES string of the molecule is C(=C\n1ccnc1)/c1ccc(-c2ccccc2)cc1. The molecule has 2 heteroatoms. The number of nitrogens with zero attached hydrogens (tertiary/aromatic N) is 2. The zero-order valence-electron chi connectivity index (χ0n) is 10.5.